The Kier molecular flexibility index (Phi) is 7.60. The summed E-state index contributed by atoms with van der Waals surface area (Å²) in [5.74, 6) is 0.133. The Labute approximate surface area is 219 Å². The van der Waals surface area contributed by atoms with Gasteiger partial charge in [-0.2, -0.15) is 0 Å². The fraction of sp³-hybridized carbons (Fsp3) is 0.500. The van der Waals surface area contributed by atoms with Crippen LogP contribution in [-0.2, 0) is 9.59 Å². The van der Waals surface area contributed by atoms with E-state index >= 15 is 0 Å². The molecule has 3 heterocycles. The average Bonchev–Trinajstić information content (AvgIpc) is 3.57. The summed E-state index contributed by atoms with van der Waals surface area (Å²) in [4.78, 5) is 33.5. The maximum absolute atomic E-state index is 14.1. The molecule has 1 aliphatic heterocycles. The van der Waals surface area contributed by atoms with Gasteiger partial charge in [-0.15, -0.1) is 0 Å². The molecule has 1 aromatic carbocycles. The molecule has 2 aromatic heterocycles. The Hall–Kier alpha value is -3.19. The Morgan fingerprint density at radius 1 is 1.05 bits per heavy atom. The van der Waals surface area contributed by atoms with Gasteiger partial charge >= 0.3 is 0 Å². The Balaban J connectivity index is 1.43. The van der Waals surface area contributed by atoms with Gasteiger partial charge in [-0.3, -0.25) is 14.6 Å². The van der Waals surface area contributed by atoms with Gasteiger partial charge in [0.05, 0.1) is 29.5 Å². The number of aromatic nitrogens is 2. The van der Waals surface area contributed by atoms with Crippen molar-refractivity contribution in [1.29, 1.82) is 0 Å². The predicted molar refractivity (Wildman–Crippen MR) is 147 cm³/mol. The molecule has 2 amide bonds. The maximum Gasteiger partial charge on any atom is 0.245 e. The number of carbonyl (C=O) groups excluding carboxylic acids is 2. The highest BCUT2D eigenvalue weighted by molar-refractivity contribution is 5.90. The summed E-state index contributed by atoms with van der Waals surface area (Å²) in [7, 11) is 1.77. The lowest BCUT2D eigenvalue weighted by Crippen LogP contribution is -2.55. The molecule has 0 spiro atoms. The molecule has 2 N–H and O–H groups in total. The first-order valence-corrected chi connectivity index (χ1v) is 13.8. The van der Waals surface area contributed by atoms with Crippen LogP contribution in [0.15, 0.2) is 48.9 Å². The number of amides is 2. The van der Waals surface area contributed by atoms with Gasteiger partial charge in [0.2, 0.25) is 11.8 Å². The van der Waals surface area contributed by atoms with Gasteiger partial charge in [-0.05, 0) is 75.8 Å². The second-order valence-corrected chi connectivity index (χ2v) is 10.8. The van der Waals surface area contributed by atoms with Gasteiger partial charge in [-0.1, -0.05) is 37.5 Å². The normalized spacial score (nSPS) is 20.2. The van der Waals surface area contributed by atoms with Crippen molar-refractivity contribution in [1.82, 2.24) is 25.1 Å². The van der Waals surface area contributed by atoms with Crippen molar-refractivity contribution in [2.45, 2.75) is 76.9 Å². The quantitative estimate of drug-likeness (QED) is 0.493. The molecule has 1 saturated heterocycles. The lowest BCUT2D eigenvalue weighted by molar-refractivity contribution is -0.139. The number of fused-ring (bicyclic) bond motifs is 1. The van der Waals surface area contributed by atoms with Crippen molar-refractivity contribution in [3.63, 3.8) is 0 Å². The highest BCUT2D eigenvalue weighted by Crippen LogP contribution is 2.36. The van der Waals surface area contributed by atoms with E-state index in [9.17, 15) is 9.59 Å². The van der Waals surface area contributed by atoms with Gasteiger partial charge in [0.15, 0.2) is 0 Å². The summed E-state index contributed by atoms with van der Waals surface area (Å²) in [5, 5.41) is 7.37. The molecule has 196 valence electrons. The van der Waals surface area contributed by atoms with Crippen LogP contribution in [0.25, 0.3) is 16.6 Å². The third-order valence-electron chi connectivity index (χ3n) is 8.37. The van der Waals surface area contributed by atoms with E-state index in [1.165, 1.54) is 17.4 Å². The van der Waals surface area contributed by atoms with Gasteiger partial charge in [0.25, 0.3) is 0 Å². The third-order valence-corrected chi connectivity index (χ3v) is 8.37. The van der Waals surface area contributed by atoms with E-state index in [2.05, 4.69) is 63.6 Å². The zero-order valence-electron chi connectivity index (χ0n) is 22.2. The number of likely N-dealkylation sites (tertiary alicyclic amines) is 1. The molecule has 1 saturated carbocycles. The van der Waals surface area contributed by atoms with Gasteiger partial charge in [-0.25, -0.2) is 0 Å². The monoisotopic (exact) mass is 501 g/mol. The number of benzene rings is 1. The van der Waals surface area contributed by atoms with E-state index in [4.69, 9.17) is 0 Å². The van der Waals surface area contributed by atoms with Crippen LogP contribution in [0.2, 0.25) is 0 Å². The average molecular weight is 502 g/mol. The van der Waals surface area contributed by atoms with E-state index in [0.717, 1.165) is 55.3 Å². The van der Waals surface area contributed by atoms with E-state index in [1.807, 2.05) is 24.2 Å². The van der Waals surface area contributed by atoms with Crippen molar-refractivity contribution < 1.29 is 9.59 Å². The van der Waals surface area contributed by atoms with E-state index < -0.39 is 6.04 Å². The summed E-state index contributed by atoms with van der Waals surface area (Å²) in [6.07, 6.45) is 13.2. The summed E-state index contributed by atoms with van der Waals surface area (Å²) in [6.45, 7) is 4.67. The molecule has 7 nitrogen and oxygen atoms in total. The van der Waals surface area contributed by atoms with Gasteiger partial charge < -0.3 is 20.1 Å². The standard InChI is InChI=1S/C30H39N5O2/c1-20-19-35(27-13-8-7-12-25(20)27)24-16-23(17-32-18-24)26-14-9-15-34(26)30(37)28(22-10-5-4-6-11-22)33-29(36)21(2)31-3/h7-8,12-13,16-19,21-22,26,28,31H,4-6,9-11,14-15H2,1-3H3,(H,33,36)/t21?,26?,28-/m0/s1. The lowest BCUT2D eigenvalue weighted by atomic mass is 9.83. The number of pyridine rings is 1. The molecule has 2 aliphatic rings. The number of nitrogens with zero attached hydrogens (tertiary/aromatic N) is 3. The summed E-state index contributed by atoms with van der Waals surface area (Å²) in [5.41, 5.74) is 4.43. The first kappa shape index (κ1) is 25.5. The molecule has 7 heteroatoms. The van der Waals surface area contributed by atoms with Gasteiger partial charge in [0.1, 0.15) is 6.04 Å². The number of hydrogen-bond donors (Lipinski definition) is 2. The van der Waals surface area contributed by atoms with Crippen LogP contribution in [0.4, 0.5) is 0 Å². The number of para-hydroxylation sites is 1. The van der Waals surface area contributed by atoms with Crippen LogP contribution in [-0.4, -0.2) is 51.9 Å². The van der Waals surface area contributed by atoms with Crippen molar-refractivity contribution >= 4 is 22.7 Å². The topological polar surface area (TPSA) is 79.3 Å². The number of aryl methyl sites for hydroxylation is 1. The number of hydrogen-bond acceptors (Lipinski definition) is 4. The number of carbonyl (C=O) groups is 2. The number of rotatable bonds is 7. The zero-order chi connectivity index (χ0) is 25.9. The molecule has 1 aliphatic carbocycles. The maximum atomic E-state index is 14.1. The molecule has 5 rings (SSSR count). The molecule has 0 bridgehead atoms. The molecular weight excluding hydrogens is 462 g/mol. The second kappa shape index (κ2) is 11.1. The Morgan fingerprint density at radius 3 is 2.62 bits per heavy atom. The number of nitrogens with one attached hydrogen (secondary N) is 2. The molecule has 2 unspecified atom stereocenters. The van der Waals surface area contributed by atoms with Crippen molar-refractivity contribution in [3.8, 4) is 5.69 Å². The molecule has 3 aromatic rings. The predicted octanol–water partition coefficient (Wildman–Crippen LogP) is 4.67. The fourth-order valence-electron chi connectivity index (χ4n) is 6.14. The van der Waals surface area contributed by atoms with E-state index in [1.54, 1.807) is 7.05 Å². The van der Waals surface area contributed by atoms with Crippen LogP contribution >= 0.6 is 0 Å². The van der Waals surface area contributed by atoms with Crippen LogP contribution in [0.3, 0.4) is 0 Å². The fourth-order valence-corrected chi connectivity index (χ4v) is 6.14. The van der Waals surface area contributed by atoms with Crippen LogP contribution in [0.5, 0.6) is 0 Å². The number of likely N-dealkylation sites (N-methyl/N-ethyl adjacent to an activating group) is 1. The Morgan fingerprint density at radius 2 is 1.84 bits per heavy atom. The van der Waals surface area contributed by atoms with Crippen LogP contribution < -0.4 is 10.6 Å². The minimum absolute atomic E-state index is 0.0346. The summed E-state index contributed by atoms with van der Waals surface area (Å²) < 4.78 is 2.19. The summed E-state index contributed by atoms with van der Waals surface area (Å²) >= 11 is 0. The minimum Gasteiger partial charge on any atom is -0.343 e. The highest BCUT2D eigenvalue weighted by Gasteiger charge is 2.39. The minimum atomic E-state index is -0.476. The first-order valence-electron chi connectivity index (χ1n) is 13.8. The van der Waals surface area contributed by atoms with Crippen LogP contribution in [0, 0.1) is 12.8 Å². The zero-order valence-corrected chi connectivity index (χ0v) is 22.2. The third kappa shape index (κ3) is 5.14. The molecule has 37 heavy (non-hydrogen) atoms. The molecule has 3 atom stereocenters. The second-order valence-electron chi connectivity index (χ2n) is 10.8. The van der Waals surface area contributed by atoms with Crippen molar-refractivity contribution in [2.24, 2.45) is 5.92 Å². The van der Waals surface area contributed by atoms with E-state index in [-0.39, 0.29) is 29.8 Å². The van der Waals surface area contributed by atoms with Crippen LogP contribution in [0.1, 0.15) is 69.0 Å². The smallest absolute Gasteiger partial charge is 0.245 e. The van der Waals surface area contributed by atoms with Gasteiger partial charge in [0, 0.05) is 24.3 Å². The summed E-state index contributed by atoms with van der Waals surface area (Å²) in [6, 6.07) is 9.72. The van der Waals surface area contributed by atoms with Crippen molar-refractivity contribution in [2.75, 3.05) is 13.6 Å². The molecule has 0 radical (unpaired) electrons. The van der Waals surface area contributed by atoms with E-state index in [0.29, 0.717) is 6.54 Å². The van der Waals surface area contributed by atoms with Crippen molar-refractivity contribution in [3.05, 3.63) is 60.0 Å². The Bertz CT molecular complexity index is 1260. The largest absolute Gasteiger partial charge is 0.343 e. The highest BCUT2D eigenvalue weighted by atomic mass is 16.2. The molecular formula is C30H39N5O2. The first-order chi connectivity index (χ1) is 18.0. The lowest BCUT2D eigenvalue weighted by Gasteiger charge is -2.35. The molecule has 2 fully saturated rings. The SMILES string of the molecule is CNC(C)C(=O)N[C@H](C(=O)N1CCCC1c1cncc(-n2cc(C)c3ccccc32)c1)C1CCCCC1.